The molecule has 7 heteroatoms. The number of carbonyl (C=O) groups excluding carboxylic acids is 1. The van der Waals surface area contributed by atoms with Crippen molar-refractivity contribution < 1.29 is 28.2 Å². The molecule has 1 fully saturated rings. The molecule has 0 spiro atoms. The number of likely N-dealkylation sites (tertiary alicyclic amines) is 1. The van der Waals surface area contributed by atoms with E-state index in [1.807, 2.05) is 0 Å². The molecule has 1 N–H and O–H groups in total. The van der Waals surface area contributed by atoms with E-state index in [2.05, 4.69) is 0 Å². The highest BCUT2D eigenvalue weighted by Crippen LogP contribution is 2.29. The summed E-state index contributed by atoms with van der Waals surface area (Å²) in [6.07, 6.45) is -3.85. The Kier molecular flexibility index (Phi) is 4.72. The number of carbonyl (C=O) groups is 2. The zero-order valence-electron chi connectivity index (χ0n) is 11.1. The first-order chi connectivity index (χ1) is 10.0. The Morgan fingerprint density at radius 2 is 1.95 bits per heavy atom. The largest absolute Gasteiger partial charge is 0.480 e. The smallest absolute Gasteiger partial charge is 0.411 e. The number of aliphatic carboxylic acids is 1. The van der Waals surface area contributed by atoms with E-state index in [4.69, 9.17) is 9.84 Å². The highest BCUT2D eigenvalue weighted by Gasteiger charge is 2.45. The molecule has 2 unspecified atom stereocenters. The van der Waals surface area contributed by atoms with Gasteiger partial charge in [-0.3, -0.25) is 4.90 Å². The molecule has 0 saturated carbocycles. The normalized spacial score (nSPS) is 21.6. The number of nitrogens with zero attached hydrogens (tertiary/aromatic N) is 1. The van der Waals surface area contributed by atoms with Gasteiger partial charge in [0.15, 0.2) is 0 Å². The summed E-state index contributed by atoms with van der Waals surface area (Å²) in [7, 11) is 0. The van der Waals surface area contributed by atoms with E-state index in [-0.39, 0.29) is 19.4 Å². The Morgan fingerprint density at radius 3 is 2.52 bits per heavy atom. The van der Waals surface area contributed by atoms with Crippen molar-refractivity contribution in [2.75, 3.05) is 0 Å². The van der Waals surface area contributed by atoms with Crippen LogP contribution in [0.5, 0.6) is 0 Å². The molecule has 1 aliphatic heterocycles. The van der Waals surface area contributed by atoms with Gasteiger partial charge in [0.1, 0.15) is 12.6 Å². The molecule has 0 radical (unpaired) electrons. The number of carboxylic acid groups (broad SMARTS) is 1. The summed E-state index contributed by atoms with van der Waals surface area (Å²) in [5.41, 5.74) is 0.700. The number of hydrogen-bond donors (Lipinski definition) is 1. The van der Waals surface area contributed by atoms with Crippen LogP contribution >= 0.6 is 0 Å². The van der Waals surface area contributed by atoms with E-state index in [1.165, 1.54) is 0 Å². The van der Waals surface area contributed by atoms with Crippen LogP contribution in [0.2, 0.25) is 0 Å². The molecule has 114 valence electrons. The van der Waals surface area contributed by atoms with Crippen LogP contribution in [-0.2, 0) is 16.1 Å². The zero-order chi connectivity index (χ0) is 15.4. The lowest BCUT2D eigenvalue weighted by Gasteiger charge is -2.26. The van der Waals surface area contributed by atoms with Gasteiger partial charge >= 0.3 is 12.1 Å². The summed E-state index contributed by atoms with van der Waals surface area (Å²) in [4.78, 5) is 23.7. The van der Waals surface area contributed by atoms with Crippen molar-refractivity contribution in [2.45, 2.75) is 38.0 Å². The minimum absolute atomic E-state index is 0.00474. The summed E-state index contributed by atoms with van der Waals surface area (Å²) in [6, 6.07) is 6.07. The van der Waals surface area contributed by atoms with Crippen LogP contribution in [0.15, 0.2) is 30.3 Å². The van der Waals surface area contributed by atoms with Gasteiger partial charge in [0.25, 0.3) is 6.43 Å². The Morgan fingerprint density at radius 1 is 1.29 bits per heavy atom. The third-order valence-electron chi connectivity index (χ3n) is 3.42. The predicted molar refractivity (Wildman–Crippen MR) is 68.9 cm³/mol. The Balaban J connectivity index is 2.05. The average Bonchev–Trinajstić information content (AvgIpc) is 2.91. The summed E-state index contributed by atoms with van der Waals surface area (Å²) in [5, 5.41) is 9.02. The van der Waals surface area contributed by atoms with Crippen LogP contribution in [0.1, 0.15) is 18.4 Å². The molecule has 0 aliphatic carbocycles. The fourth-order valence-electron chi connectivity index (χ4n) is 2.38. The van der Waals surface area contributed by atoms with Crippen molar-refractivity contribution in [1.29, 1.82) is 0 Å². The lowest BCUT2D eigenvalue weighted by molar-refractivity contribution is -0.142. The van der Waals surface area contributed by atoms with Crippen LogP contribution in [0.3, 0.4) is 0 Å². The molecule has 1 aromatic carbocycles. The van der Waals surface area contributed by atoms with Crippen LogP contribution in [0.25, 0.3) is 0 Å². The number of amides is 1. The maximum atomic E-state index is 12.9. The second-order valence-electron chi connectivity index (χ2n) is 4.78. The molecule has 1 aliphatic rings. The first-order valence-electron chi connectivity index (χ1n) is 6.50. The molecular weight excluding hydrogens is 284 g/mol. The van der Waals surface area contributed by atoms with Crippen molar-refractivity contribution >= 4 is 12.1 Å². The third kappa shape index (κ3) is 3.48. The highest BCUT2D eigenvalue weighted by molar-refractivity contribution is 5.81. The van der Waals surface area contributed by atoms with E-state index in [0.717, 1.165) is 0 Å². The molecule has 2 rings (SSSR count). The van der Waals surface area contributed by atoms with Crippen LogP contribution in [-0.4, -0.2) is 40.6 Å². The van der Waals surface area contributed by atoms with Gasteiger partial charge in [-0.1, -0.05) is 30.3 Å². The van der Waals surface area contributed by atoms with Crippen LogP contribution in [0.4, 0.5) is 13.6 Å². The number of benzene rings is 1. The second-order valence-corrected chi connectivity index (χ2v) is 4.78. The van der Waals surface area contributed by atoms with Crippen molar-refractivity contribution in [3.8, 4) is 0 Å². The zero-order valence-corrected chi connectivity index (χ0v) is 11.1. The maximum absolute atomic E-state index is 12.9. The summed E-state index contributed by atoms with van der Waals surface area (Å²) < 4.78 is 30.8. The predicted octanol–water partition coefficient (Wildman–Crippen LogP) is 2.51. The molecule has 1 aromatic rings. The molecule has 5 nitrogen and oxygen atoms in total. The quantitative estimate of drug-likeness (QED) is 0.927. The van der Waals surface area contributed by atoms with E-state index < -0.39 is 30.6 Å². The Labute approximate surface area is 120 Å². The van der Waals surface area contributed by atoms with Crippen molar-refractivity contribution in [3.63, 3.8) is 0 Å². The number of ether oxygens (including phenoxy) is 1. The van der Waals surface area contributed by atoms with Crippen molar-refractivity contribution in [3.05, 3.63) is 35.9 Å². The number of alkyl halides is 2. The molecular formula is C14H15F2NO4. The molecule has 1 saturated heterocycles. The van der Waals surface area contributed by atoms with Gasteiger partial charge in [-0.2, -0.15) is 0 Å². The fourth-order valence-corrected chi connectivity index (χ4v) is 2.38. The lowest BCUT2D eigenvalue weighted by atomic mass is 10.2. The van der Waals surface area contributed by atoms with Gasteiger partial charge < -0.3 is 9.84 Å². The molecule has 1 heterocycles. The fraction of sp³-hybridized carbons (Fsp3) is 0.429. The third-order valence-corrected chi connectivity index (χ3v) is 3.42. The first-order valence-corrected chi connectivity index (χ1v) is 6.50. The van der Waals surface area contributed by atoms with Gasteiger partial charge in [-0.25, -0.2) is 18.4 Å². The number of rotatable bonds is 4. The van der Waals surface area contributed by atoms with E-state index >= 15 is 0 Å². The molecule has 1 amide bonds. The second kappa shape index (κ2) is 6.51. The lowest BCUT2D eigenvalue weighted by Crippen LogP contribution is -2.47. The van der Waals surface area contributed by atoms with Gasteiger partial charge in [0, 0.05) is 0 Å². The SMILES string of the molecule is O=C(O)C1CCC(C(F)F)N1C(=O)OCc1ccccc1. The van der Waals surface area contributed by atoms with Gasteiger partial charge in [-0.05, 0) is 18.4 Å². The van der Waals surface area contributed by atoms with E-state index in [0.29, 0.717) is 10.5 Å². The molecule has 0 aromatic heterocycles. The average molecular weight is 299 g/mol. The minimum Gasteiger partial charge on any atom is -0.480 e. The number of hydrogen-bond acceptors (Lipinski definition) is 3. The van der Waals surface area contributed by atoms with Gasteiger partial charge in [0.05, 0.1) is 6.04 Å². The van der Waals surface area contributed by atoms with Crippen LogP contribution in [0, 0.1) is 0 Å². The molecule has 2 atom stereocenters. The topological polar surface area (TPSA) is 66.8 Å². The van der Waals surface area contributed by atoms with Crippen LogP contribution < -0.4 is 0 Å². The van der Waals surface area contributed by atoms with Crippen molar-refractivity contribution in [1.82, 2.24) is 4.90 Å². The summed E-state index contributed by atoms with van der Waals surface area (Å²) in [5.74, 6) is -1.30. The van der Waals surface area contributed by atoms with Crippen molar-refractivity contribution in [2.24, 2.45) is 0 Å². The number of halogens is 2. The van der Waals surface area contributed by atoms with E-state index in [9.17, 15) is 18.4 Å². The monoisotopic (exact) mass is 299 g/mol. The summed E-state index contributed by atoms with van der Waals surface area (Å²) in [6.45, 7) is -0.0849. The molecule has 0 bridgehead atoms. The highest BCUT2D eigenvalue weighted by atomic mass is 19.3. The Bertz CT molecular complexity index is 509. The van der Waals surface area contributed by atoms with E-state index in [1.54, 1.807) is 30.3 Å². The van der Waals surface area contributed by atoms with Gasteiger partial charge in [0.2, 0.25) is 0 Å². The Hall–Kier alpha value is -2.18. The van der Waals surface area contributed by atoms with Gasteiger partial charge in [-0.15, -0.1) is 0 Å². The summed E-state index contributed by atoms with van der Waals surface area (Å²) >= 11 is 0. The first kappa shape index (κ1) is 15.2. The maximum Gasteiger partial charge on any atom is 0.411 e. The standard InChI is InChI=1S/C14H15F2NO4/c15-12(16)10-6-7-11(13(18)19)17(10)14(20)21-8-9-4-2-1-3-5-9/h1-5,10-12H,6-8H2,(H,18,19). The minimum atomic E-state index is -2.79. The number of carboxylic acids is 1. The molecule has 21 heavy (non-hydrogen) atoms.